The van der Waals surface area contributed by atoms with Crippen LogP contribution in [0, 0.1) is 3.57 Å². The molecule has 4 rings (SSSR count). The number of fused-ring (bicyclic) bond motifs is 1. The second-order valence-corrected chi connectivity index (χ2v) is 8.78. The van der Waals surface area contributed by atoms with E-state index in [0.717, 1.165) is 25.8 Å². The number of nitrogens with one attached hydrogen (secondary N) is 1. The van der Waals surface area contributed by atoms with Crippen molar-refractivity contribution in [2.75, 3.05) is 13.7 Å². The Morgan fingerprint density at radius 3 is 2.54 bits per heavy atom. The molecule has 0 spiro atoms. The normalized spacial score (nSPS) is 10.9. The minimum absolute atomic E-state index is 0.305. The quantitative estimate of drug-likeness (QED) is 0.146. The molecule has 0 atom stereocenters. The molecular weight excluding hydrogens is 555 g/mol. The van der Waals surface area contributed by atoms with Gasteiger partial charge in [0, 0.05) is 5.56 Å². The van der Waals surface area contributed by atoms with Gasteiger partial charge in [0.2, 0.25) is 0 Å². The van der Waals surface area contributed by atoms with Gasteiger partial charge in [-0.15, -0.1) is 0 Å². The number of halogens is 1. The summed E-state index contributed by atoms with van der Waals surface area (Å²) in [5.41, 5.74) is 4.92. The molecule has 0 aliphatic rings. The molecule has 1 N–H and O–H groups in total. The topological polar surface area (TPSA) is 69.2 Å². The van der Waals surface area contributed by atoms with Crippen molar-refractivity contribution in [3.63, 3.8) is 0 Å². The third-order valence-corrected chi connectivity index (χ3v) is 6.11. The highest BCUT2D eigenvalue weighted by Crippen LogP contribution is 2.34. The summed E-state index contributed by atoms with van der Waals surface area (Å²) < 4.78 is 18.0. The van der Waals surface area contributed by atoms with E-state index >= 15 is 0 Å². The fourth-order valence-corrected chi connectivity index (χ4v) is 4.40. The van der Waals surface area contributed by atoms with E-state index in [1.54, 1.807) is 37.6 Å². The van der Waals surface area contributed by atoms with Crippen molar-refractivity contribution < 1.29 is 19.0 Å². The number of nitrogens with zero attached hydrogens (tertiary/aromatic N) is 1. The first kappa shape index (κ1) is 24.5. The highest BCUT2D eigenvalue weighted by Gasteiger charge is 2.12. The summed E-state index contributed by atoms with van der Waals surface area (Å²) in [5, 5.41) is 6.43. The van der Waals surface area contributed by atoms with Gasteiger partial charge >= 0.3 is 0 Å². The maximum Gasteiger partial charge on any atom is 0.271 e. The molecule has 0 radical (unpaired) electrons. The average Bonchev–Trinajstić information content (AvgIpc) is 2.88. The Morgan fingerprint density at radius 1 is 1.00 bits per heavy atom. The van der Waals surface area contributed by atoms with Gasteiger partial charge in [-0.25, -0.2) is 5.43 Å². The molecule has 0 bridgehead atoms. The highest BCUT2D eigenvalue weighted by molar-refractivity contribution is 14.1. The van der Waals surface area contributed by atoms with E-state index in [4.69, 9.17) is 14.2 Å². The Morgan fingerprint density at radius 2 is 1.77 bits per heavy atom. The van der Waals surface area contributed by atoms with E-state index in [-0.39, 0.29) is 5.91 Å². The van der Waals surface area contributed by atoms with Crippen LogP contribution < -0.4 is 19.6 Å². The first-order chi connectivity index (χ1) is 17.1. The average molecular weight is 580 g/mol. The summed E-state index contributed by atoms with van der Waals surface area (Å²) in [4.78, 5) is 12.3. The number of hydrogen-bond acceptors (Lipinski definition) is 5. The molecule has 0 saturated heterocycles. The lowest BCUT2D eigenvalue weighted by molar-refractivity contribution is 0.0955. The fourth-order valence-electron chi connectivity index (χ4n) is 3.62. The molecule has 6 nitrogen and oxygen atoms in total. The molecule has 1 amide bonds. The van der Waals surface area contributed by atoms with E-state index in [1.807, 2.05) is 37.3 Å². The summed E-state index contributed by atoms with van der Waals surface area (Å²) in [7, 11) is 1.60. The molecule has 7 heteroatoms. The monoisotopic (exact) mass is 580 g/mol. The zero-order valence-electron chi connectivity index (χ0n) is 19.5. The van der Waals surface area contributed by atoms with Gasteiger partial charge in [0.1, 0.15) is 12.4 Å². The van der Waals surface area contributed by atoms with Crippen LogP contribution >= 0.6 is 22.6 Å². The van der Waals surface area contributed by atoms with Gasteiger partial charge in [-0.05, 0) is 87.8 Å². The number of benzene rings is 4. The first-order valence-electron chi connectivity index (χ1n) is 11.1. The molecule has 0 heterocycles. The SMILES string of the molecule is CCOc1ccc(C(=O)N/N=C\c2cc(I)c(OCc3cccc4ccccc34)c(OC)c2)cc1. The van der Waals surface area contributed by atoms with Crippen LogP contribution in [0.4, 0.5) is 0 Å². The van der Waals surface area contributed by atoms with E-state index < -0.39 is 0 Å². The van der Waals surface area contributed by atoms with Gasteiger partial charge < -0.3 is 14.2 Å². The third kappa shape index (κ3) is 6.10. The molecule has 0 aliphatic heterocycles. The number of methoxy groups -OCH3 is 1. The first-order valence-corrected chi connectivity index (χ1v) is 12.2. The highest BCUT2D eigenvalue weighted by atomic mass is 127. The second kappa shape index (κ2) is 11.7. The summed E-state index contributed by atoms with van der Waals surface area (Å²) in [5.74, 6) is 1.67. The van der Waals surface area contributed by atoms with Crippen LogP contribution in [0.1, 0.15) is 28.4 Å². The lowest BCUT2D eigenvalue weighted by atomic mass is 10.1. The van der Waals surface area contributed by atoms with Gasteiger partial charge in [-0.1, -0.05) is 42.5 Å². The van der Waals surface area contributed by atoms with Crippen molar-refractivity contribution in [2.24, 2.45) is 5.10 Å². The minimum Gasteiger partial charge on any atom is -0.494 e. The Balaban J connectivity index is 1.44. The van der Waals surface area contributed by atoms with Crippen molar-refractivity contribution in [2.45, 2.75) is 13.5 Å². The lowest BCUT2D eigenvalue weighted by Gasteiger charge is -2.14. The minimum atomic E-state index is -0.305. The van der Waals surface area contributed by atoms with E-state index in [2.05, 4.69) is 57.4 Å². The number of carbonyl (C=O) groups excluding carboxylic acids is 1. The van der Waals surface area contributed by atoms with E-state index in [0.29, 0.717) is 30.3 Å². The smallest absolute Gasteiger partial charge is 0.271 e. The molecule has 0 aromatic heterocycles. The van der Waals surface area contributed by atoms with Crippen LogP contribution in [0.15, 0.2) is 84.0 Å². The Bertz CT molecular complexity index is 1350. The molecule has 0 unspecified atom stereocenters. The van der Waals surface area contributed by atoms with E-state index in [9.17, 15) is 4.79 Å². The van der Waals surface area contributed by atoms with Gasteiger partial charge in [-0.2, -0.15) is 5.10 Å². The number of carbonyl (C=O) groups is 1. The van der Waals surface area contributed by atoms with Gasteiger partial charge in [0.15, 0.2) is 11.5 Å². The Labute approximate surface area is 218 Å². The molecule has 0 fully saturated rings. The molecule has 178 valence electrons. The van der Waals surface area contributed by atoms with Crippen LogP contribution in [0.25, 0.3) is 10.8 Å². The summed E-state index contributed by atoms with van der Waals surface area (Å²) in [6, 6.07) is 25.1. The molecule has 4 aromatic rings. The number of hydrogen-bond donors (Lipinski definition) is 1. The molecule has 0 saturated carbocycles. The molecular formula is C28H25IN2O4. The van der Waals surface area contributed by atoms with Crippen LogP contribution in [-0.4, -0.2) is 25.8 Å². The maximum atomic E-state index is 12.3. The van der Waals surface area contributed by atoms with Crippen molar-refractivity contribution in [3.8, 4) is 17.2 Å². The second-order valence-electron chi connectivity index (χ2n) is 7.62. The number of hydrazone groups is 1. The summed E-state index contributed by atoms with van der Waals surface area (Å²) in [6.45, 7) is 2.90. The molecule has 0 aliphatic carbocycles. The molecule has 35 heavy (non-hydrogen) atoms. The summed E-state index contributed by atoms with van der Waals surface area (Å²) >= 11 is 2.21. The van der Waals surface area contributed by atoms with Gasteiger partial charge in [0.05, 0.1) is 23.5 Å². The summed E-state index contributed by atoms with van der Waals surface area (Å²) in [6.07, 6.45) is 1.58. The molecule has 4 aromatic carbocycles. The number of ether oxygens (including phenoxy) is 3. The predicted molar refractivity (Wildman–Crippen MR) is 147 cm³/mol. The largest absolute Gasteiger partial charge is 0.494 e. The zero-order valence-corrected chi connectivity index (χ0v) is 21.6. The zero-order chi connectivity index (χ0) is 24.6. The van der Waals surface area contributed by atoms with Crippen molar-refractivity contribution in [1.82, 2.24) is 5.43 Å². The number of amides is 1. The predicted octanol–water partition coefficient (Wildman–Crippen LogP) is 6.19. The number of rotatable bonds is 9. The fraction of sp³-hybridized carbons (Fsp3) is 0.143. The van der Waals surface area contributed by atoms with Crippen LogP contribution in [0.3, 0.4) is 0 Å². The standard InChI is InChI=1S/C28H25IN2O4/c1-3-34-23-13-11-21(12-14-23)28(32)31-30-17-19-15-25(29)27(26(16-19)33-2)35-18-22-9-6-8-20-7-4-5-10-24(20)22/h4-17H,3,18H2,1-2H3,(H,31,32)/b30-17-. The van der Waals surface area contributed by atoms with Crippen molar-refractivity contribution >= 4 is 45.5 Å². The van der Waals surface area contributed by atoms with Gasteiger partial charge in [-0.3, -0.25) is 4.79 Å². The maximum absolute atomic E-state index is 12.3. The van der Waals surface area contributed by atoms with Crippen molar-refractivity contribution in [1.29, 1.82) is 0 Å². The Hall–Kier alpha value is -3.59. The van der Waals surface area contributed by atoms with Crippen LogP contribution in [0.2, 0.25) is 0 Å². The van der Waals surface area contributed by atoms with Gasteiger partial charge in [0.25, 0.3) is 5.91 Å². The lowest BCUT2D eigenvalue weighted by Crippen LogP contribution is -2.17. The third-order valence-electron chi connectivity index (χ3n) is 5.31. The van der Waals surface area contributed by atoms with Crippen LogP contribution in [-0.2, 0) is 6.61 Å². The Kier molecular flexibility index (Phi) is 8.20. The van der Waals surface area contributed by atoms with Crippen LogP contribution in [0.5, 0.6) is 17.2 Å². The van der Waals surface area contributed by atoms with E-state index in [1.165, 1.54) is 5.39 Å². The van der Waals surface area contributed by atoms with Crippen molar-refractivity contribution in [3.05, 3.63) is 99.1 Å².